The van der Waals surface area contributed by atoms with Gasteiger partial charge in [-0.25, -0.2) is 8.42 Å². The summed E-state index contributed by atoms with van der Waals surface area (Å²) in [5.74, 6) is -0.0486. The number of carbonyl (C=O) groups excluding carboxylic acids is 1. The number of carbonyl (C=O) groups is 1. The molecule has 3 aromatic carbocycles. The van der Waals surface area contributed by atoms with Crippen LogP contribution in [0.5, 0.6) is 5.75 Å². The first-order valence-corrected chi connectivity index (χ1v) is 13.9. The van der Waals surface area contributed by atoms with Crippen molar-refractivity contribution in [2.45, 2.75) is 18.7 Å². The average Bonchev–Trinajstić information content (AvgIpc) is 3.31. The lowest BCUT2D eigenvalue weighted by Crippen LogP contribution is -2.38. The van der Waals surface area contributed by atoms with Crippen LogP contribution in [0.2, 0.25) is 0 Å². The standard InChI is InChI=1S/C25H23BrN4O4S2/c1-16-4-8-18(9-5-16)24-28-29-25(35-24)27-23(31)15-30(19-10-6-17(2)7-11-19)36(32,33)20-12-13-22(34-3)21(26)14-20/h4-14H,15H2,1-3H3,(H,27,29,31). The van der Waals surface area contributed by atoms with Crippen molar-refractivity contribution in [2.75, 3.05) is 23.3 Å². The molecule has 0 aliphatic carbocycles. The van der Waals surface area contributed by atoms with Gasteiger partial charge >= 0.3 is 0 Å². The minimum absolute atomic E-state index is 0.0149. The van der Waals surface area contributed by atoms with Crippen molar-refractivity contribution in [2.24, 2.45) is 0 Å². The summed E-state index contributed by atoms with van der Waals surface area (Å²) in [5, 5.41) is 11.8. The summed E-state index contributed by atoms with van der Waals surface area (Å²) in [5.41, 5.74) is 3.33. The fourth-order valence-electron chi connectivity index (χ4n) is 3.34. The molecule has 0 spiro atoms. The second kappa shape index (κ2) is 10.8. The third-order valence-corrected chi connectivity index (χ3v) is 8.57. The van der Waals surface area contributed by atoms with Crippen molar-refractivity contribution in [1.29, 1.82) is 0 Å². The van der Waals surface area contributed by atoms with Gasteiger partial charge in [0.1, 0.15) is 17.3 Å². The second-order valence-corrected chi connectivity index (χ2v) is 11.7. The van der Waals surface area contributed by atoms with Crippen molar-refractivity contribution >= 4 is 54.0 Å². The molecule has 4 aromatic rings. The van der Waals surface area contributed by atoms with Crippen LogP contribution < -0.4 is 14.4 Å². The molecule has 0 atom stereocenters. The molecule has 0 saturated heterocycles. The maximum absolute atomic E-state index is 13.6. The number of aromatic nitrogens is 2. The molecular weight excluding hydrogens is 564 g/mol. The number of anilines is 2. The average molecular weight is 588 g/mol. The molecular formula is C25H23BrN4O4S2. The maximum atomic E-state index is 13.6. The van der Waals surface area contributed by atoms with Crippen LogP contribution >= 0.6 is 27.3 Å². The molecule has 0 saturated carbocycles. The molecule has 1 heterocycles. The lowest BCUT2D eigenvalue weighted by Gasteiger charge is -2.24. The highest BCUT2D eigenvalue weighted by atomic mass is 79.9. The zero-order valence-corrected chi connectivity index (χ0v) is 22.9. The van der Waals surface area contributed by atoms with Gasteiger partial charge in [-0.1, -0.05) is 58.9 Å². The zero-order chi connectivity index (χ0) is 25.9. The van der Waals surface area contributed by atoms with Gasteiger partial charge < -0.3 is 4.74 Å². The van der Waals surface area contributed by atoms with E-state index >= 15 is 0 Å². The molecule has 1 N–H and O–H groups in total. The first-order chi connectivity index (χ1) is 17.2. The third-order valence-electron chi connectivity index (χ3n) is 5.29. The number of rotatable bonds is 8. The SMILES string of the molecule is COc1ccc(S(=O)(=O)N(CC(=O)Nc2nnc(-c3ccc(C)cc3)s2)c2ccc(C)cc2)cc1Br. The van der Waals surface area contributed by atoms with E-state index < -0.39 is 22.5 Å². The number of methoxy groups -OCH3 is 1. The predicted molar refractivity (Wildman–Crippen MR) is 145 cm³/mol. The van der Waals surface area contributed by atoms with Crippen LogP contribution in [0.15, 0.2) is 76.1 Å². The summed E-state index contributed by atoms with van der Waals surface area (Å²) >= 11 is 4.55. The molecule has 0 aliphatic heterocycles. The number of hydrogen-bond acceptors (Lipinski definition) is 7. The molecule has 36 heavy (non-hydrogen) atoms. The van der Waals surface area contributed by atoms with Gasteiger partial charge in [0.05, 0.1) is 22.2 Å². The van der Waals surface area contributed by atoms with Crippen molar-refractivity contribution in [3.8, 4) is 16.3 Å². The topological polar surface area (TPSA) is 101 Å². The van der Waals surface area contributed by atoms with Gasteiger partial charge in [0.2, 0.25) is 11.0 Å². The quantitative estimate of drug-likeness (QED) is 0.295. The van der Waals surface area contributed by atoms with Gasteiger partial charge in [-0.05, 0) is 60.1 Å². The number of benzene rings is 3. The fourth-order valence-corrected chi connectivity index (χ4v) is 6.24. The molecule has 1 amide bonds. The van der Waals surface area contributed by atoms with Gasteiger partial charge in [0.25, 0.3) is 10.0 Å². The van der Waals surface area contributed by atoms with Gasteiger partial charge in [0, 0.05) is 5.56 Å². The van der Waals surface area contributed by atoms with E-state index in [9.17, 15) is 13.2 Å². The number of halogens is 1. The predicted octanol–water partition coefficient (Wildman–Crippen LogP) is 5.43. The number of amides is 1. The van der Waals surface area contributed by atoms with Crippen molar-refractivity contribution in [3.63, 3.8) is 0 Å². The summed E-state index contributed by atoms with van der Waals surface area (Å²) in [6.07, 6.45) is 0. The lowest BCUT2D eigenvalue weighted by molar-refractivity contribution is -0.114. The minimum Gasteiger partial charge on any atom is -0.496 e. The summed E-state index contributed by atoms with van der Waals surface area (Å²) in [4.78, 5) is 13.0. The Morgan fingerprint density at radius 2 is 1.64 bits per heavy atom. The number of aryl methyl sites for hydroxylation is 2. The Morgan fingerprint density at radius 1 is 1.00 bits per heavy atom. The molecule has 186 valence electrons. The third kappa shape index (κ3) is 5.75. The largest absolute Gasteiger partial charge is 0.496 e. The van der Waals surface area contributed by atoms with Crippen LogP contribution in [-0.4, -0.2) is 38.2 Å². The Balaban J connectivity index is 1.60. The van der Waals surface area contributed by atoms with Crippen LogP contribution in [0, 0.1) is 13.8 Å². The summed E-state index contributed by atoms with van der Waals surface area (Å²) in [6.45, 7) is 3.44. The number of hydrogen-bond donors (Lipinski definition) is 1. The second-order valence-electron chi connectivity index (χ2n) is 7.97. The number of ether oxygens (including phenoxy) is 1. The maximum Gasteiger partial charge on any atom is 0.264 e. The van der Waals surface area contributed by atoms with Crippen molar-refractivity contribution in [3.05, 3.63) is 82.3 Å². The van der Waals surface area contributed by atoms with Crippen molar-refractivity contribution in [1.82, 2.24) is 10.2 Å². The Kier molecular flexibility index (Phi) is 7.72. The fraction of sp³-hybridized carbons (Fsp3) is 0.160. The van der Waals surface area contributed by atoms with Crippen LogP contribution in [0.3, 0.4) is 0 Å². The first-order valence-electron chi connectivity index (χ1n) is 10.8. The smallest absolute Gasteiger partial charge is 0.264 e. The van der Waals surface area contributed by atoms with Crippen LogP contribution in [0.1, 0.15) is 11.1 Å². The van der Waals surface area contributed by atoms with Crippen molar-refractivity contribution < 1.29 is 17.9 Å². The highest BCUT2D eigenvalue weighted by molar-refractivity contribution is 9.10. The van der Waals surface area contributed by atoms with E-state index in [0.717, 1.165) is 21.0 Å². The van der Waals surface area contributed by atoms with E-state index in [4.69, 9.17) is 4.74 Å². The van der Waals surface area contributed by atoms with E-state index in [-0.39, 0.29) is 10.0 Å². The molecule has 0 unspecified atom stereocenters. The van der Waals surface area contributed by atoms with Crippen LogP contribution in [0.25, 0.3) is 10.6 Å². The molecule has 1 aromatic heterocycles. The molecule has 0 fully saturated rings. The van der Waals surface area contributed by atoms with Gasteiger partial charge in [-0.15, -0.1) is 10.2 Å². The molecule has 11 heteroatoms. The Morgan fingerprint density at radius 3 is 2.25 bits per heavy atom. The highest BCUT2D eigenvalue weighted by Crippen LogP contribution is 2.31. The number of sulfonamides is 1. The summed E-state index contributed by atoms with van der Waals surface area (Å²) < 4.78 is 34.0. The Hall–Kier alpha value is -3.28. The first kappa shape index (κ1) is 25.8. The van der Waals surface area contributed by atoms with Gasteiger partial charge in [-0.2, -0.15) is 0 Å². The van der Waals surface area contributed by atoms with Gasteiger partial charge in [-0.3, -0.25) is 14.4 Å². The summed E-state index contributed by atoms with van der Waals surface area (Å²) in [6, 6.07) is 19.2. The molecule has 4 rings (SSSR count). The highest BCUT2D eigenvalue weighted by Gasteiger charge is 2.28. The van der Waals surface area contributed by atoms with E-state index in [0.29, 0.717) is 20.9 Å². The Labute approximate surface area is 222 Å². The lowest BCUT2D eigenvalue weighted by atomic mass is 10.2. The monoisotopic (exact) mass is 586 g/mol. The molecule has 0 bridgehead atoms. The van der Waals surface area contributed by atoms with Gasteiger partial charge in [0.15, 0.2) is 0 Å². The van der Waals surface area contributed by atoms with E-state index in [1.54, 1.807) is 30.3 Å². The minimum atomic E-state index is -4.09. The van der Waals surface area contributed by atoms with E-state index in [1.807, 2.05) is 38.1 Å². The summed E-state index contributed by atoms with van der Waals surface area (Å²) in [7, 11) is -2.59. The van der Waals surface area contributed by atoms with Crippen LogP contribution in [-0.2, 0) is 14.8 Å². The molecule has 8 nitrogen and oxygen atoms in total. The molecule has 0 aliphatic rings. The van der Waals surface area contributed by atoms with E-state index in [2.05, 4.69) is 31.4 Å². The number of nitrogens with zero attached hydrogens (tertiary/aromatic N) is 3. The normalized spacial score (nSPS) is 11.2. The zero-order valence-electron chi connectivity index (χ0n) is 19.7. The van der Waals surface area contributed by atoms with Crippen LogP contribution in [0.4, 0.5) is 10.8 Å². The number of nitrogens with one attached hydrogen (secondary N) is 1. The Bertz CT molecular complexity index is 1490. The van der Waals surface area contributed by atoms with E-state index in [1.165, 1.54) is 30.6 Å². The molecule has 0 radical (unpaired) electrons.